The van der Waals surface area contributed by atoms with E-state index in [0.717, 1.165) is 0 Å². The number of nitrogens with zero attached hydrogens (tertiary/aromatic N) is 1. The lowest BCUT2D eigenvalue weighted by atomic mass is 10.2. The van der Waals surface area contributed by atoms with Crippen LogP contribution in [0.25, 0.3) is 0 Å². The first-order valence-electron chi connectivity index (χ1n) is 5.77. The molecule has 0 aromatic heterocycles. The van der Waals surface area contributed by atoms with Gasteiger partial charge in [-0.05, 0) is 30.7 Å². The Morgan fingerprint density at radius 2 is 1.83 bits per heavy atom. The molecule has 0 aliphatic heterocycles. The molecule has 0 atom stereocenters. The number of aliphatic hydroxyl groups excluding tert-OH is 1. The van der Waals surface area contributed by atoms with E-state index in [2.05, 4.69) is 5.32 Å². The van der Waals surface area contributed by atoms with Crippen LogP contribution in [0.15, 0.2) is 24.3 Å². The Morgan fingerprint density at radius 3 is 2.33 bits per heavy atom. The van der Waals surface area contributed by atoms with E-state index in [1.807, 2.05) is 0 Å². The van der Waals surface area contributed by atoms with Gasteiger partial charge in [0.2, 0.25) is 5.91 Å². The first kappa shape index (κ1) is 14.2. The molecule has 5 heteroatoms. The molecule has 0 fully saturated rings. The van der Waals surface area contributed by atoms with E-state index in [9.17, 15) is 9.59 Å². The van der Waals surface area contributed by atoms with Crippen molar-refractivity contribution in [2.24, 2.45) is 0 Å². The second-order valence-corrected chi connectivity index (χ2v) is 4.15. The second kappa shape index (κ2) is 6.76. The molecular weight excluding hydrogens is 232 g/mol. The molecule has 0 aliphatic carbocycles. The molecule has 0 saturated carbocycles. The number of carbonyl (C=O) groups excluding carboxylic acids is 2. The molecule has 5 nitrogen and oxygen atoms in total. The van der Waals surface area contributed by atoms with Crippen LogP contribution in [-0.4, -0.2) is 42.5 Å². The molecule has 0 heterocycles. The molecular formula is C13H18N2O3. The van der Waals surface area contributed by atoms with Crippen molar-refractivity contribution in [2.75, 3.05) is 26.0 Å². The summed E-state index contributed by atoms with van der Waals surface area (Å²) in [4.78, 5) is 24.5. The van der Waals surface area contributed by atoms with Gasteiger partial charge >= 0.3 is 0 Å². The van der Waals surface area contributed by atoms with Crippen molar-refractivity contribution in [1.82, 2.24) is 4.90 Å². The number of aliphatic hydroxyl groups is 1. The maximum absolute atomic E-state index is 11.6. The van der Waals surface area contributed by atoms with Crippen LogP contribution >= 0.6 is 0 Å². The third-order valence-corrected chi connectivity index (χ3v) is 2.38. The third-order valence-electron chi connectivity index (χ3n) is 2.38. The van der Waals surface area contributed by atoms with Gasteiger partial charge in [-0.2, -0.15) is 0 Å². The fourth-order valence-corrected chi connectivity index (χ4v) is 1.42. The summed E-state index contributed by atoms with van der Waals surface area (Å²) in [5.41, 5.74) is 1.22. The molecule has 18 heavy (non-hydrogen) atoms. The summed E-state index contributed by atoms with van der Waals surface area (Å²) in [6, 6.07) is 6.72. The molecule has 0 radical (unpaired) electrons. The van der Waals surface area contributed by atoms with Gasteiger partial charge in [0.05, 0.1) is 0 Å². The highest BCUT2D eigenvalue weighted by Crippen LogP contribution is 2.11. The van der Waals surface area contributed by atoms with Crippen molar-refractivity contribution in [3.05, 3.63) is 29.8 Å². The first-order valence-corrected chi connectivity index (χ1v) is 5.77. The van der Waals surface area contributed by atoms with Crippen molar-refractivity contribution in [3.8, 4) is 0 Å². The van der Waals surface area contributed by atoms with E-state index in [-0.39, 0.29) is 24.8 Å². The summed E-state index contributed by atoms with van der Waals surface area (Å²) in [7, 11) is 3.37. The molecule has 0 unspecified atom stereocenters. The Balaban J connectivity index is 2.60. The lowest BCUT2D eigenvalue weighted by Crippen LogP contribution is -2.21. The largest absolute Gasteiger partial charge is 0.396 e. The van der Waals surface area contributed by atoms with Crippen LogP contribution in [0.4, 0.5) is 5.69 Å². The maximum Gasteiger partial charge on any atom is 0.253 e. The SMILES string of the molecule is CN(C)C(=O)c1ccc(NC(=O)CCCO)cc1. The predicted molar refractivity (Wildman–Crippen MR) is 69.4 cm³/mol. The van der Waals surface area contributed by atoms with Crippen LogP contribution in [0.5, 0.6) is 0 Å². The number of amides is 2. The Morgan fingerprint density at radius 1 is 1.22 bits per heavy atom. The van der Waals surface area contributed by atoms with Gasteiger partial charge in [-0.1, -0.05) is 0 Å². The number of nitrogens with one attached hydrogen (secondary N) is 1. The fraction of sp³-hybridized carbons (Fsp3) is 0.385. The summed E-state index contributed by atoms with van der Waals surface area (Å²) in [5, 5.41) is 11.3. The van der Waals surface area contributed by atoms with E-state index in [4.69, 9.17) is 5.11 Å². The molecule has 1 aromatic carbocycles. The molecule has 2 amide bonds. The van der Waals surface area contributed by atoms with Crippen molar-refractivity contribution in [3.63, 3.8) is 0 Å². The first-order chi connectivity index (χ1) is 8.54. The molecule has 1 rings (SSSR count). The van der Waals surface area contributed by atoms with Gasteiger partial charge in [-0.25, -0.2) is 0 Å². The minimum absolute atomic E-state index is 0.00367. The Hall–Kier alpha value is -1.88. The van der Waals surface area contributed by atoms with Crippen LogP contribution in [0.3, 0.4) is 0 Å². The molecule has 0 aliphatic rings. The van der Waals surface area contributed by atoms with E-state index >= 15 is 0 Å². The highest BCUT2D eigenvalue weighted by Gasteiger charge is 2.08. The average Bonchev–Trinajstić information content (AvgIpc) is 2.36. The Bertz CT molecular complexity index is 413. The lowest BCUT2D eigenvalue weighted by Gasteiger charge is -2.10. The summed E-state index contributed by atoms with van der Waals surface area (Å²) in [6.45, 7) is 0.00367. The zero-order valence-corrected chi connectivity index (χ0v) is 10.6. The highest BCUT2D eigenvalue weighted by molar-refractivity contribution is 5.95. The maximum atomic E-state index is 11.6. The summed E-state index contributed by atoms with van der Waals surface area (Å²) < 4.78 is 0. The monoisotopic (exact) mass is 250 g/mol. The van der Waals surface area contributed by atoms with Crippen molar-refractivity contribution < 1.29 is 14.7 Å². The van der Waals surface area contributed by atoms with Gasteiger partial charge in [0, 0.05) is 38.4 Å². The average molecular weight is 250 g/mol. The van der Waals surface area contributed by atoms with Gasteiger partial charge in [0.15, 0.2) is 0 Å². The third kappa shape index (κ3) is 4.18. The van der Waals surface area contributed by atoms with Crippen molar-refractivity contribution >= 4 is 17.5 Å². The Kier molecular flexibility index (Phi) is 5.32. The van der Waals surface area contributed by atoms with E-state index in [1.54, 1.807) is 38.4 Å². The number of hydrogen-bond donors (Lipinski definition) is 2. The number of carbonyl (C=O) groups is 2. The Labute approximate surface area is 106 Å². The van der Waals surface area contributed by atoms with E-state index in [1.165, 1.54) is 4.90 Å². The van der Waals surface area contributed by atoms with E-state index in [0.29, 0.717) is 17.7 Å². The standard InChI is InChI=1S/C13H18N2O3/c1-15(2)13(18)10-5-7-11(8-6-10)14-12(17)4-3-9-16/h5-8,16H,3-4,9H2,1-2H3,(H,14,17). The van der Waals surface area contributed by atoms with Gasteiger partial charge in [0.25, 0.3) is 5.91 Å². The van der Waals surface area contributed by atoms with Gasteiger partial charge in [-0.3, -0.25) is 9.59 Å². The molecule has 0 bridgehead atoms. The number of benzene rings is 1. The van der Waals surface area contributed by atoms with Gasteiger partial charge in [0.1, 0.15) is 0 Å². The molecule has 0 saturated heterocycles. The topological polar surface area (TPSA) is 69.6 Å². The summed E-state index contributed by atoms with van der Waals surface area (Å²) in [5.74, 6) is -0.219. The fourth-order valence-electron chi connectivity index (χ4n) is 1.42. The molecule has 1 aromatic rings. The predicted octanol–water partition coefficient (Wildman–Crippen LogP) is 1.10. The minimum atomic E-state index is -0.143. The zero-order valence-electron chi connectivity index (χ0n) is 10.6. The number of rotatable bonds is 5. The molecule has 2 N–H and O–H groups in total. The molecule has 0 spiro atoms. The highest BCUT2D eigenvalue weighted by atomic mass is 16.3. The smallest absolute Gasteiger partial charge is 0.253 e. The van der Waals surface area contributed by atoms with Crippen LogP contribution < -0.4 is 5.32 Å². The number of hydrogen-bond acceptors (Lipinski definition) is 3. The van der Waals surface area contributed by atoms with Crippen molar-refractivity contribution in [2.45, 2.75) is 12.8 Å². The second-order valence-electron chi connectivity index (χ2n) is 4.15. The van der Waals surface area contributed by atoms with Crippen LogP contribution in [-0.2, 0) is 4.79 Å². The molecule has 98 valence electrons. The van der Waals surface area contributed by atoms with Gasteiger partial charge < -0.3 is 15.3 Å². The van der Waals surface area contributed by atoms with Crippen LogP contribution in [0.2, 0.25) is 0 Å². The lowest BCUT2D eigenvalue weighted by molar-refractivity contribution is -0.116. The summed E-state index contributed by atoms with van der Waals surface area (Å²) in [6.07, 6.45) is 0.734. The van der Waals surface area contributed by atoms with Gasteiger partial charge in [-0.15, -0.1) is 0 Å². The van der Waals surface area contributed by atoms with Crippen molar-refractivity contribution in [1.29, 1.82) is 0 Å². The van der Waals surface area contributed by atoms with Crippen LogP contribution in [0, 0.1) is 0 Å². The quantitative estimate of drug-likeness (QED) is 0.822. The zero-order chi connectivity index (χ0) is 13.5. The summed E-state index contributed by atoms with van der Waals surface area (Å²) >= 11 is 0. The van der Waals surface area contributed by atoms with E-state index < -0.39 is 0 Å². The number of anilines is 1. The van der Waals surface area contributed by atoms with Crippen LogP contribution in [0.1, 0.15) is 23.2 Å². The normalized spacial score (nSPS) is 9.94. The minimum Gasteiger partial charge on any atom is -0.396 e.